The van der Waals surface area contributed by atoms with Crippen LogP contribution in [0.15, 0.2) is 36.4 Å². The summed E-state index contributed by atoms with van der Waals surface area (Å²) in [6.07, 6.45) is 0. The third-order valence-corrected chi connectivity index (χ3v) is 4.15. The quantitative estimate of drug-likeness (QED) is 0.798. The van der Waals surface area contributed by atoms with E-state index in [4.69, 9.17) is 9.47 Å². The molecule has 0 aliphatic carbocycles. The fraction of sp³-hybridized carbons (Fsp3) is 0.300. The summed E-state index contributed by atoms with van der Waals surface area (Å²) in [6.45, 7) is 4.13. The zero-order valence-corrected chi connectivity index (χ0v) is 15.5. The van der Waals surface area contributed by atoms with Gasteiger partial charge in [-0.1, -0.05) is 6.07 Å². The molecule has 2 amide bonds. The standard InChI is InChI=1S/C20H24N2O4/c1-13-5-6-15(9-14(13)2)20(24)22-12-19(23)21-11-16-7-8-17(25-3)10-18(16)26-4/h5-10H,11-12H2,1-4H3,(H,21,23)(H,22,24). The van der Waals surface area contributed by atoms with Crippen LogP contribution in [0.5, 0.6) is 11.5 Å². The molecule has 6 nitrogen and oxygen atoms in total. The van der Waals surface area contributed by atoms with Gasteiger partial charge in [0.15, 0.2) is 0 Å². The van der Waals surface area contributed by atoms with Crippen LogP contribution in [-0.2, 0) is 11.3 Å². The number of aryl methyl sites for hydroxylation is 2. The molecule has 0 fully saturated rings. The second-order valence-electron chi connectivity index (χ2n) is 5.94. The molecule has 0 unspecified atom stereocenters. The van der Waals surface area contributed by atoms with E-state index in [9.17, 15) is 9.59 Å². The van der Waals surface area contributed by atoms with Gasteiger partial charge >= 0.3 is 0 Å². The molecule has 0 heterocycles. The SMILES string of the molecule is COc1ccc(CNC(=O)CNC(=O)c2ccc(C)c(C)c2)c(OC)c1. The Labute approximate surface area is 153 Å². The number of methoxy groups -OCH3 is 2. The summed E-state index contributed by atoms with van der Waals surface area (Å²) in [5, 5.41) is 5.39. The maximum atomic E-state index is 12.1. The van der Waals surface area contributed by atoms with Crippen LogP contribution in [0, 0.1) is 13.8 Å². The first kappa shape index (κ1) is 19.3. The van der Waals surface area contributed by atoms with Gasteiger partial charge in [-0.2, -0.15) is 0 Å². The molecule has 0 saturated heterocycles. The van der Waals surface area contributed by atoms with Gasteiger partial charge in [0.2, 0.25) is 5.91 Å². The van der Waals surface area contributed by atoms with Gasteiger partial charge < -0.3 is 20.1 Å². The molecular formula is C20H24N2O4. The molecule has 2 aromatic rings. The monoisotopic (exact) mass is 356 g/mol. The van der Waals surface area contributed by atoms with Gasteiger partial charge in [-0.15, -0.1) is 0 Å². The van der Waals surface area contributed by atoms with Crippen molar-refractivity contribution in [1.82, 2.24) is 10.6 Å². The van der Waals surface area contributed by atoms with Gasteiger partial charge in [0.25, 0.3) is 5.91 Å². The fourth-order valence-corrected chi connectivity index (χ4v) is 2.40. The lowest BCUT2D eigenvalue weighted by Gasteiger charge is -2.12. The number of carbonyl (C=O) groups excluding carboxylic acids is 2. The van der Waals surface area contributed by atoms with E-state index in [1.165, 1.54) is 0 Å². The first-order valence-corrected chi connectivity index (χ1v) is 8.27. The molecule has 2 rings (SSSR count). The van der Waals surface area contributed by atoms with E-state index >= 15 is 0 Å². The number of hydrogen-bond donors (Lipinski definition) is 2. The van der Waals surface area contributed by atoms with Crippen LogP contribution in [-0.4, -0.2) is 32.6 Å². The lowest BCUT2D eigenvalue weighted by Crippen LogP contribution is -2.36. The molecule has 0 bridgehead atoms. The minimum Gasteiger partial charge on any atom is -0.497 e. The van der Waals surface area contributed by atoms with Gasteiger partial charge in [0.05, 0.1) is 20.8 Å². The zero-order valence-electron chi connectivity index (χ0n) is 15.5. The maximum Gasteiger partial charge on any atom is 0.251 e. The molecule has 2 N–H and O–H groups in total. The Kier molecular flexibility index (Phi) is 6.60. The van der Waals surface area contributed by atoms with Gasteiger partial charge in [-0.25, -0.2) is 0 Å². The highest BCUT2D eigenvalue weighted by atomic mass is 16.5. The van der Waals surface area contributed by atoms with Crippen LogP contribution in [0.1, 0.15) is 27.0 Å². The minimum absolute atomic E-state index is 0.0930. The van der Waals surface area contributed by atoms with Crippen LogP contribution < -0.4 is 20.1 Å². The van der Waals surface area contributed by atoms with Crippen molar-refractivity contribution in [2.45, 2.75) is 20.4 Å². The average Bonchev–Trinajstić information content (AvgIpc) is 2.66. The van der Waals surface area contributed by atoms with Crippen molar-refractivity contribution in [3.8, 4) is 11.5 Å². The third-order valence-electron chi connectivity index (χ3n) is 4.15. The Morgan fingerprint density at radius 1 is 0.923 bits per heavy atom. The molecule has 0 atom stereocenters. The maximum absolute atomic E-state index is 12.1. The van der Waals surface area contributed by atoms with Crippen molar-refractivity contribution in [3.63, 3.8) is 0 Å². The smallest absolute Gasteiger partial charge is 0.251 e. The number of benzene rings is 2. The summed E-state index contributed by atoms with van der Waals surface area (Å²) in [4.78, 5) is 24.1. The highest BCUT2D eigenvalue weighted by Gasteiger charge is 2.10. The highest BCUT2D eigenvalue weighted by molar-refractivity contribution is 5.96. The fourth-order valence-electron chi connectivity index (χ4n) is 2.40. The molecule has 0 radical (unpaired) electrons. The summed E-state index contributed by atoms with van der Waals surface area (Å²) in [5.41, 5.74) is 3.52. The van der Waals surface area contributed by atoms with E-state index < -0.39 is 0 Å². The topological polar surface area (TPSA) is 76.7 Å². The third kappa shape index (κ3) is 4.99. The van der Waals surface area contributed by atoms with Gasteiger partial charge in [0.1, 0.15) is 11.5 Å². The summed E-state index contributed by atoms with van der Waals surface area (Å²) in [7, 11) is 3.14. The van der Waals surface area contributed by atoms with E-state index in [1.54, 1.807) is 32.4 Å². The molecule has 0 spiro atoms. The number of nitrogens with one attached hydrogen (secondary N) is 2. The number of hydrogen-bond acceptors (Lipinski definition) is 4. The second kappa shape index (κ2) is 8.89. The molecule has 0 aliphatic heterocycles. The number of carbonyl (C=O) groups is 2. The van der Waals surface area contributed by atoms with Crippen molar-refractivity contribution in [1.29, 1.82) is 0 Å². The summed E-state index contributed by atoms with van der Waals surface area (Å²) >= 11 is 0. The van der Waals surface area contributed by atoms with Gasteiger partial charge in [-0.3, -0.25) is 9.59 Å². The van der Waals surface area contributed by atoms with Crippen LogP contribution in [0.3, 0.4) is 0 Å². The summed E-state index contributed by atoms with van der Waals surface area (Å²) in [5.74, 6) is 0.756. The molecule has 0 saturated carbocycles. The van der Waals surface area contributed by atoms with Gasteiger partial charge in [-0.05, 0) is 49.2 Å². The van der Waals surface area contributed by atoms with Crippen molar-refractivity contribution >= 4 is 11.8 Å². The van der Waals surface area contributed by atoms with E-state index in [2.05, 4.69) is 10.6 Å². The van der Waals surface area contributed by atoms with Crippen molar-refractivity contribution in [2.24, 2.45) is 0 Å². The lowest BCUT2D eigenvalue weighted by atomic mass is 10.1. The average molecular weight is 356 g/mol. The molecule has 0 aliphatic rings. The largest absolute Gasteiger partial charge is 0.497 e. The van der Waals surface area contributed by atoms with Crippen LogP contribution >= 0.6 is 0 Å². The van der Waals surface area contributed by atoms with Crippen LogP contribution in [0.4, 0.5) is 0 Å². The zero-order chi connectivity index (χ0) is 19.1. The van der Waals surface area contributed by atoms with Crippen LogP contribution in [0.2, 0.25) is 0 Å². The summed E-state index contributed by atoms with van der Waals surface area (Å²) in [6, 6.07) is 10.8. The van der Waals surface area contributed by atoms with E-state index in [0.717, 1.165) is 16.7 Å². The van der Waals surface area contributed by atoms with Crippen molar-refractivity contribution in [2.75, 3.05) is 20.8 Å². The first-order chi connectivity index (χ1) is 12.4. The lowest BCUT2D eigenvalue weighted by molar-refractivity contribution is -0.120. The Balaban J connectivity index is 1.87. The predicted molar refractivity (Wildman–Crippen MR) is 99.6 cm³/mol. The Morgan fingerprint density at radius 3 is 2.35 bits per heavy atom. The van der Waals surface area contributed by atoms with E-state index in [0.29, 0.717) is 23.6 Å². The molecule has 2 aromatic carbocycles. The minimum atomic E-state index is -0.278. The normalized spacial score (nSPS) is 10.2. The second-order valence-corrected chi connectivity index (χ2v) is 5.94. The van der Waals surface area contributed by atoms with E-state index in [1.807, 2.05) is 32.0 Å². The Morgan fingerprint density at radius 2 is 1.69 bits per heavy atom. The molecule has 26 heavy (non-hydrogen) atoms. The highest BCUT2D eigenvalue weighted by Crippen LogP contribution is 2.24. The Bertz CT molecular complexity index is 802. The number of ether oxygens (including phenoxy) is 2. The van der Waals surface area contributed by atoms with Crippen molar-refractivity contribution in [3.05, 3.63) is 58.7 Å². The van der Waals surface area contributed by atoms with Gasteiger partial charge in [0, 0.05) is 23.7 Å². The molecular weight excluding hydrogens is 332 g/mol. The van der Waals surface area contributed by atoms with E-state index in [-0.39, 0.29) is 18.4 Å². The van der Waals surface area contributed by atoms with Crippen molar-refractivity contribution < 1.29 is 19.1 Å². The summed E-state index contributed by atoms with van der Waals surface area (Å²) < 4.78 is 10.4. The molecule has 138 valence electrons. The number of rotatable bonds is 7. The molecule has 0 aromatic heterocycles. The predicted octanol–water partition coefficient (Wildman–Crippen LogP) is 2.37. The Hall–Kier alpha value is -3.02. The first-order valence-electron chi connectivity index (χ1n) is 8.27. The number of amides is 2. The molecule has 6 heteroatoms. The van der Waals surface area contributed by atoms with Crippen LogP contribution in [0.25, 0.3) is 0 Å².